The maximum atomic E-state index is 3.93. The Morgan fingerprint density at radius 3 is 2.05 bits per heavy atom. The van der Waals surface area contributed by atoms with Crippen molar-refractivity contribution >= 4 is 0 Å². The van der Waals surface area contributed by atoms with Gasteiger partial charge in [0.2, 0.25) is 0 Å². The molecule has 0 saturated carbocycles. The Morgan fingerprint density at radius 1 is 0.947 bits per heavy atom. The van der Waals surface area contributed by atoms with E-state index in [9.17, 15) is 0 Å². The fraction of sp³-hybridized carbons (Fsp3) is 0.632. The van der Waals surface area contributed by atoms with Crippen molar-refractivity contribution in [3.8, 4) is 0 Å². The molecule has 0 spiro atoms. The standard InChI is InChI=1S/C19H33/c1-6-10-11-16-19(5,15-9-4)17-14-18(12-7-2)13-8-3/h7-9H,2-4,6,10-17H2,1,5H3. The topological polar surface area (TPSA) is 0 Å². The third-order valence-electron chi connectivity index (χ3n) is 3.97. The molecule has 1 unspecified atom stereocenters. The van der Waals surface area contributed by atoms with Crippen LogP contribution in [-0.2, 0) is 0 Å². The first kappa shape index (κ1) is 18.2. The van der Waals surface area contributed by atoms with Crippen LogP contribution in [0.15, 0.2) is 38.0 Å². The lowest BCUT2D eigenvalue weighted by atomic mass is 9.75. The molecule has 109 valence electrons. The van der Waals surface area contributed by atoms with Crippen LogP contribution in [0.4, 0.5) is 0 Å². The minimum atomic E-state index is 0.421. The molecule has 0 nitrogen and oxygen atoms in total. The molecule has 0 aromatic carbocycles. The molecule has 1 atom stereocenters. The van der Waals surface area contributed by atoms with Crippen LogP contribution in [0.3, 0.4) is 0 Å². The zero-order chi connectivity index (χ0) is 14.6. The van der Waals surface area contributed by atoms with E-state index in [-0.39, 0.29) is 0 Å². The summed E-state index contributed by atoms with van der Waals surface area (Å²) in [5, 5.41) is 0. The molecule has 0 aliphatic carbocycles. The average Bonchev–Trinajstić information content (AvgIpc) is 2.37. The third-order valence-corrected chi connectivity index (χ3v) is 3.97. The van der Waals surface area contributed by atoms with E-state index in [1.165, 1.54) is 38.5 Å². The van der Waals surface area contributed by atoms with Gasteiger partial charge in [0, 0.05) is 0 Å². The highest BCUT2D eigenvalue weighted by Gasteiger charge is 2.23. The van der Waals surface area contributed by atoms with Crippen molar-refractivity contribution in [3.05, 3.63) is 43.9 Å². The predicted octanol–water partition coefficient (Wildman–Crippen LogP) is 6.66. The van der Waals surface area contributed by atoms with Gasteiger partial charge in [-0.25, -0.2) is 0 Å². The van der Waals surface area contributed by atoms with Crippen molar-refractivity contribution in [1.82, 2.24) is 0 Å². The van der Waals surface area contributed by atoms with Gasteiger partial charge in [0.15, 0.2) is 0 Å². The zero-order valence-corrected chi connectivity index (χ0v) is 13.2. The SMILES string of the molecule is C=CC[C](CC=C)CCC(C)(CC=C)CCCCC. The molecule has 0 fully saturated rings. The second-order valence-electron chi connectivity index (χ2n) is 6.00. The summed E-state index contributed by atoms with van der Waals surface area (Å²) in [5.41, 5.74) is 0.421. The minimum absolute atomic E-state index is 0.421. The minimum Gasteiger partial charge on any atom is -0.103 e. The van der Waals surface area contributed by atoms with Crippen LogP contribution in [0, 0.1) is 11.3 Å². The van der Waals surface area contributed by atoms with Crippen molar-refractivity contribution in [1.29, 1.82) is 0 Å². The van der Waals surface area contributed by atoms with Crippen molar-refractivity contribution in [3.63, 3.8) is 0 Å². The van der Waals surface area contributed by atoms with Crippen LogP contribution in [0.25, 0.3) is 0 Å². The van der Waals surface area contributed by atoms with Crippen LogP contribution < -0.4 is 0 Å². The number of hydrogen-bond acceptors (Lipinski definition) is 0. The molecule has 0 N–H and O–H groups in total. The van der Waals surface area contributed by atoms with Gasteiger partial charge in [-0.3, -0.25) is 0 Å². The molecule has 0 amide bonds. The van der Waals surface area contributed by atoms with Crippen molar-refractivity contribution in [2.45, 2.75) is 71.6 Å². The molecule has 1 radical (unpaired) electrons. The summed E-state index contributed by atoms with van der Waals surface area (Å²) in [4.78, 5) is 0. The molecule has 0 saturated heterocycles. The maximum absolute atomic E-state index is 3.93. The molecule has 0 bridgehead atoms. The van der Waals surface area contributed by atoms with Crippen molar-refractivity contribution in [2.75, 3.05) is 0 Å². The maximum Gasteiger partial charge on any atom is -0.0166 e. The highest BCUT2D eigenvalue weighted by molar-refractivity contribution is 5.01. The number of rotatable bonds is 13. The first-order valence-corrected chi connectivity index (χ1v) is 7.78. The highest BCUT2D eigenvalue weighted by Crippen LogP contribution is 2.37. The summed E-state index contributed by atoms with van der Waals surface area (Å²) in [6.45, 7) is 16.3. The Kier molecular flexibility index (Phi) is 10.6. The van der Waals surface area contributed by atoms with E-state index in [4.69, 9.17) is 0 Å². The van der Waals surface area contributed by atoms with Gasteiger partial charge in [0.05, 0.1) is 0 Å². The monoisotopic (exact) mass is 261 g/mol. The molecule has 0 aliphatic rings. The van der Waals surface area contributed by atoms with Gasteiger partial charge < -0.3 is 0 Å². The summed E-state index contributed by atoms with van der Waals surface area (Å²) < 4.78 is 0. The average molecular weight is 261 g/mol. The van der Waals surface area contributed by atoms with Crippen molar-refractivity contribution < 1.29 is 0 Å². The Labute approximate surface area is 121 Å². The molecule has 0 rings (SSSR count). The summed E-state index contributed by atoms with van der Waals surface area (Å²) in [6.07, 6.45) is 17.1. The molecule has 0 heteroatoms. The molecular formula is C19H33. The van der Waals surface area contributed by atoms with Gasteiger partial charge in [0.1, 0.15) is 0 Å². The Hall–Kier alpha value is -0.780. The first-order valence-electron chi connectivity index (χ1n) is 7.78. The van der Waals surface area contributed by atoms with E-state index < -0.39 is 0 Å². The van der Waals surface area contributed by atoms with Crippen LogP contribution in [0.1, 0.15) is 71.6 Å². The summed E-state index contributed by atoms with van der Waals surface area (Å²) in [7, 11) is 0. The van der Waals surface area contributed by atoms with Gasteiger partial charge >= 0.3 is 0 Å². The summed E-state index contributed by atoms with van der Waals surface area (Å²) >= 11 is 0. The van der Waals surface area contributed by atoms with Gasteiger partial charge in [0.25, 0.3) is 0 Å². The van der Waals surface area contributed by atoms with E-state index in [1.54, 1.807) is 5.92 Å². The number of allylic oxidation sites excluding steroid dienone is 3. The third kappa shape index (κ3) is 8.86. The largest absolute Gasteiger partial charge is 0.103 e. The van der Waals surface area contributed by atoms with Gasteiger partial charge in [-0.05, 0) is 49.9 Å². The fourth-order valence-corrected chi connectivity index (χ4v) is 2.65. The number of unbranched alkanes of at least 4 members (excludes halogenated alkanes) is 2. The Morgan fingerprint density at radius 2 is 1.58 bits per heavy atom. The summed E-state index contributed by atoms with van der Waals surface area (Å²) in [6, 6.07) is 0. The lowest BCUT2D eigenvalue weighted by Gasteiger charge is -2.30. The molecule has 0 heterocycles. The fourth-order valence-electron chi connectivity index (χ4n) is 2.65. The molecular weight excluding hydrogens is 228 g/mol. The Balaban J connectivity index is 4.32. The van der Waals surface area contributed by atoms with Crippen LogP contribution >= 0.6 is 0 Å². The zero-order valence-electron chi connectivity index (χ0n) is 13.2. The Bertz CT molecular complexity index is 241. The van der Waals surface area contributed by atoms with Crippen molar-refractivity contribution in [2.24, 2.45) is 5.41 Å². The molecule has 0 aliphatic heterocycles. The first-order chi connectivity index (χ1) is 9.11. The normalized spacial score (nSPS) is 14.1. The van der Waals surface area contributed by atoms with Gasteiger partial charge in [-0.2, -0.15) is 0 Å². The van der Waals surface area contributed by atoms with E-state index in [0.29, 0.717) is 5.41 Å². The molecule has 19 heavy (non-hydrogen) atoms. The lowest BCUT2D eigenvalue weighted by Crippen LogP contribution is -2.17. The molecule has 0 aromatic heterocycles. The quantitative estimate of drug-likeness (QED) is 0.257. The molecule has 0 aromatic rings. The second kappa shape index (κ2) is 11.1. The van der Waals surface area contributed by atoms with Gasteiger partial charge in [-0.15, -0.1) is 19.7 Å². The van der Waals surface area contributed by atoms with Crippen LogP contribution in [0.2, 0.25) is 0 Å². The highest BCUT2D eigenvalue weighted by atomic mass is 14.3. The number of hydrogen-bond donors (Lipinski definition) is 0. The predicted molar refractivity (Wildman–Crippen MR) is 89.2 cm³/mol. The summed E-state index contributed by atoms with van der Waals surface area (Å²) in [5.74, 6) is 1.57. The van der Waals surface area contributed by atoms with Gasteiger partial charge in [-0.1, -0.05) is 51.3 Å². The van der Waals surface area contributed by atoms with E-state index in [0.717, 1.165) is 19.3 Å². The van der Waals surface area contributed by atoms with E-state index in [2.05, 4.69) is 39.7 Å². The van der Waals surface area contributed by atoms with Crippen LogP contribution in [0.5, 0.6) is 0 Å². The second-order valence-corrected chi connectivity index (χ2v) is 6.00. The lowest BCUT2D eigenvalue weighted by molar-refractivity contribution is 0.259. The van der Waals surface area contributed by atoms with E-state index >= 15 is 0 Å². The smallest absolute Gasteiger partial charge is 0.0166 e. The van der Waals surface area contributed by atoms with Crippen LogP contribution in [-0.4, -0.2) is 0 Å². The van der Waals surface area contributed by atoms with E-state index in [1.807, 2.05) is 12.2 Å².